The predicted molar refractivity (Wildman–Crippen MR) is 72.1 cm³/mol. The Bertz CT molecular complexity index is 338. The SMILES string of the molecule is COC1(CC(C)=O)CCN(C(=O)OC(C)(C)C)CC1. The molecule has 0 saturated carbocycles. The van der Waals surface area contributed by atoms with Crippen LogP contribution in [0.25, 0.3) is 0 Å². The molecule has 5 nitrogen and oxygen atoms in total. The minimum atomic E-state index is -0.480. The van der Waals surface area contributed by atoms with Gasteiger partial charge in [-0.05, 0) is 40.5 Å². The number of amides is 1. The third-order valence-electron chi connectivity index (χ3n) is 3.33. The van der Waals surface area contributed by atoms with Crippen molar-refractivity contribution in [2.75, 3.05) is 20.2 Å². The molecule has 19 heavy (non-hydrogen) atoms. The molecule has 110 valence electrons. The van der Waals surface area contributed by atoms with Crippen LogP contribution in [0.3, 0.4) is 0 Å². The summed E-state index contributed by atoms with van der Waals surface area (Å²) in [6.45, 7) is 8.26. The molecule has 0 spiro atoms. The molecule has 0 aromatic heterocycles. The Hall–Kier alpha value is -1.10. The van der Waals surface area contributed by atoms with Gasteiger partial charge >= 0.3 is 6.09 Å². The van der Waals surface area contributed by atoms with E-state index in [1.807, 2.05) is 20.8 Å². The van der Waals surface area contributed by atoms with E-state index in [1.165, 1.54) is 0 Å². The Morgan fingerprint density at radius 3 is 2.11 bits per heavy atom. The summed E-state index contributed by atoms with van der Waals surface area (Å²) in [6, 6.07) is 0. The number of Topliss-reactive ketones (excluding diaryl/α,β-unsaturated/α-hetero) is 1. The normalized spacial score (nSPS) is 19.1. The number of likely N-dealkylation sites (tertiary alicyclic amines) is 1. The topological polar surface area (TPSA) is 55.8 Å². The Morgan fingerprint density at radius 1 is 1.21 bits per heavy atom. The Kier molecular flexibility index (Phi) is 4.96. The van der Waals surface area contributed by atoms with Gasteiger partial charge in [-0.3, -0.25) is 4.79 Å². The van der Waals surface area contributed by atoms with Gasteiger partial charge in [0.2, 0.25) is 0 Å². The second-order valence-corrected chi connectivity index (χ2v) is 6.23. The van der Waals surface area contributed by atoms with E-state index >= 15 is 0 Å². The number of nitrogens with zero attached hydrogens (tertiary/aromatic N) is 1. The van der Waals surface area contributed by atoms with Crippen LogP contribution in [-0.2, 0) is 14.3 Å². The van der Waals surface area contributed by atoms with E-state index in [1.54, 1.807) is 18.9 Å². The van der Waals surface area contributed by atoms with E-state index in [9.17, 15) is 9.59 Å². The molecule has 1 amide bonds. The molecule has 1 fully saturated rings. The van der Waals surface area contributed by atoms with Crippen molar-refractivity contribution in [2.45, 2.75) is 58.2 Å². The molecule has 0 aromatic carbocycles. The fourth-order valence-electron chi connectivity index (χ4n) is 2.33. The molecule has 0 atom stereocenters. The summed E-state index contributed by atoms with van der Waals surface area (Å²) in [5, 5.41) is 0. The standard InChI is InChI=1S/C14H25NO4/c1-11(16)10-14(18-5)6-8-15(9-7-14)12(17)19-13(2,3)4/h6-10H2,1-5H3. The maximum absolute atomic E-state index is 11.9. The van der Waals surface area contributed by atoms with Gasteiger partial charge in [-0.25, -0.2) is 4.79 Å². The van der Waals surface area contributed by atoms with Crippen molar-refractivity contribution in [1.82, 2.24) is 4.90 Å². The third-order valence-corrected chi connectivity index (χ3v) is 3.33. The Labute approximate surface area is 115 Å². The highest BCUT2D eigenvalue weighted by Crippen LogP contribution is 2.30. The van der Waals surface area contributed by atoms with Gasteiger partial charge in [0, 0.05) is 26.6 Å². The van der Waals surface area contributed by atoms with Crippen LogP contribution < -0.4 is 0 Å². The largest absolute Gasteiger partial charge is 0.444 e. The number of hydrogen-bond donors (Lipinski definition) is 0. The van der Waals surface area contributed by atoms with Crippen LogP contribution in [0, 0.1) is 0 Å². The maximum atomic E-state index is 11.9. The number of ether oxygens (including phenoxy) is 2. The lowest BCUT2D eigenvalue weighted by Gasteiger charge is -2.40. The number of rotatable bonds is 3. The van der Waals surface area contributed by atoms with Crippen LogP contribution in [0.5, 0.6) is 0 Å². The van der Waals surface area contributed by atoms with Crippen LogP contribution >= 0.6 is 0 Å². The average molecular weight is 271 g/mol. The second-order valence-electron chi connectivity index (χ2n) is 6.23. The number of carbonyl (C=O) groups excluding carboxylic acids is 2. The lowest BCUT2D eigenvalue weighted by molar-refractivity contribution is -0.126. The van der Waals surface area contributed by atoms with Crippen molar-refractivity contribution >= 4 is 11.9 Å². The van der Waals surface area contributed by atoms with Crippen molar-refractivity contribution < 1.29 is 19.1 Å². The number of piperidine rings is 1. The molecule has 1 aliphatic rings. The first kappa shape index (κ1) is 16.0. The van der Waals surface area contributed by atoms with Gasteiger partial charge in [-0.1, -0.05) is 0 Å². The van der Waals surface area contributed by atoms with Gasteiger partial charge in [0.1, 0.15) is 11.4 Å². The minimum Gasteiger partial charge on any atom is -0.444 e. The van der Waals surface area contributed by atoms with Gasteiger partial charge in [0.25, 0.3) is 0 Å². The Balaban J connectivity index is 2.56. The van der Waals surface area contributed by atoms with Crippen LogP contribution in [0.2, 0.25) is 0 Å². The highest BCUT2D eigenvalue weighted by Gasteiger charge is 2.37. The first-order chi connectivity index (χ1) is 8.67. The smallest absolute Gasteiger partial charge is 0.410 e. The molecule has 1 aliphatic heterocycles. The van der Waals surface area contributed by atoms with Crippen molar-refractivity contribution in [3.05, 3.63) is 0 Å². The Morgan fingerprint density at radius 2 is 1.74 bits per heavy atom. The number of ketones is 1. The van der Waals surface area contributed by atoms with Gasteiger partial charge in [0.15, 0.2) is 0 Å². The summed E-state index contributed by atoms with van der Waals surface area (Å²) >= 11 is 0. The van der Waals surface area contributed by atoms with E-state index in [4.69, 9.17) is 9.47 Å². The van der Waals surface area contributed by atoms with Gasteiger partial charge in [-0.15, -0.1) is 0 Å². The summed E-state index contributed by atoms with van der Waals surface area (Å²) in [6.07, 6.45) is 1.45. The first-order valence-corrected chi connectivity index (χ1v) is 6.70. The van der Waals surface area contributed by atoms with E-state index in [-0.39, 0.29) is 11.9 Å². The minimum absolute atomic E-state index is 0.118. The zero-order chi connectivity index (χ0) is 14.7. The van der Waals surface area contributed by atoms with Gasteiger partial charge < -0.3 is 14.4 Å². The lowest BCUT2D eigenvalue weighted by Crippen LogP contribution is -2.49. The molecule has 0 bridgehead atoms. The zero-order valence-electron chi connectivity index (χ0n) is 12.6. The van der Waals surface area contributed by atoms with Crippen LogP contribution in [0.1, 0.15) is 47.0 Å². The fraction of sp³-hybridized carbons (Fsp3) is 0.857. The van der Waals surface area contributed by atoms with E-state index in [0.717, 1.165) is 0 Å². The summed E-state index contributed by atoms with van der Waals surface area (Å²) in [4.78, 5) is 24.9. The van der Waals surface area contributed by atoms with Crippen molar-refractivity contribution in [1.29, 1.82) is 0 Å². The quantitative estimate of drug-likeness (QED) is 0.791. The van der Waals surface area contributed by atoms with Crippen molar-refractivity contribution in [3.63, 3.8) is 0 Å². The average Bonchev–Trinajstić information content (AvgIpc) is 2.26. The molecule has 0 unspecified atom stereocenters. The van der Waals surface area contributed by atoms with Crippen LogP contribution in [0.4, 0.5) is 4.79 Å². The molecule has 1 heterocycles. The molecule has 0 radical (unpaired) electrons. The summed E-state index contributed by atoms with van der Waals surface area (Å²) in [7, 11) is 1.63. The fourth-order valence-corrected chi connectivity index (χ4v) is 2.33. The summed E-state index contributed by atoms with van der Waals surface area (Å²) in [5.41, 5.74) is -0.892. The van der Waals surface area contributed by atoms with Crippen LogP contribution in [-0.4, -0.2) is 48.2 Å². The molecule has 0 N–H and O–H groups in total. The van der Waals surface area contributed by atoms with Crippen molar-refractivity contribution in [2.24, 2.45) is 0 Å². The molecule has 0 aromatic rings. The summed E-state index contributed by atoms with van der Waals surface area (Å²) in [5.74, 6) is 0.118. The number of carbonyl (C=O) groups is 2. The van der Waals surface area contributed by atoms with Gasteiger partial charge in [-0.2, -0.15) is 0 Å². The highest BCUT2D eigenvalue weighted by molar-refractivity contribution is 5.76. The second kappa shape index (κ2) is 5.90. The summed E-state index contributed by atoms with van der Waals surface area (Å²) < 4.78 is 10.9. The number of hydrogen-bond acceptors (Lipinski definition) is 4. The predicted octanol–water partition coefficient (Wildman–Crippen LogP) is 2.38. The molecule has 5 heteroatoms. The van der Waals surface area contributed by atoms with E-state index < -0.39 is 11.2 Å². The van der Waals surface area contributed by atoms with Crippen molar-refractivity contribution in [3.8, 4) is 0 Å². The maximum Gasteiger partial charge on any atom is 0.410 e. The number of methoxy groups -OCH3 is 1. The van der Waals surface area contributed by atoms with E-state index in [2.05, 4.69) is 0 Å². The van der Waals surface area contributed by atoms with E-state index in [0.29, 0.717) is 32.4 Å². The molecule has 1 saturated heterocycles. The first-order valence-electron chi connectivity index (χ1n) is 6.70. The molecule has 1 rings (SSSR count). The lowest BCUT2D eigenvalue weighted by atomic mass is 9.86. The molecule has 0 aliphatic carbocycles. The molecular weight excluding hydrogens is 246 g/mol. The van der Waals surface area contributed by atoms with Crippen LogP contribution in [0.15, 0.2) is 0 Å². The molecular formula is C14H25NO4. The van der Waals surface area contributed by atoms with Gasteiger partial charge in [0.05, 0.1) is 5.60 Å². The zero-order valence-corrected chi connectivity index (χ0v) is 12.6. The highest BCUT2D eigenvalue weighted by atomic mass is 16.6. The monoisotopic (exact) mass is 271 g/mol. The third kappa shape index (κ3) is 4.82.